The van der Waals surface area contributed by atoms with E-state index in [-0.39, 0.29) is 0 Å². The first-order chi connectivity index (χ1) is 20.3. The molecule has 0 radical (unpaired) electrons. The Morgan fingerprint density at radius 2 is 1.17 bits per heavy atom. The molecule has 190 valence electrons. The Labute approximate surface area is 237 Å². The van der Waals surface area contributed by atoms with Crippen molar-refractivity contribution >= 4 is 43.4 Å². The molecule has 2 aromatic heterocycles. The highest BCUT2D eigenvalue weighted by Gasteiger charge is 2.16. The van der Waals surface area contributed by atoms with Crippen LogP contribution >= 0.6 is 0 Å². The van der Waals surface area contributed by atoms with Crippen LogP contribution in [-0.4, -0.2) is 9.55 Å². The summed E-state index contributed by atoms with van der Waals surface area (Å²) in [7, 11) is 0. The van der Waals surface area contributed by atoms with Crippen LogP contribution in [0.25, 0.3) is 71.4 Å². The zero-order valence-electron chi connectivity index (χ0n) is 22.1. The van der Waals surface area contributed by atoms with E-state index >= 15 is 0 Å². The van der Waals surface area contributed by atoms with E-state index in [0.717, 1.165) is 33.2 Å². The van der Waals surface area contributed by atoms with Gasteiger partial charge in [-0.05, 0) is 86.3 Å². The van der Waals surface area contributed by atoms with E-state index in [1.54, 1.807) is 0 Å². The predicted molar refractivity (Wildman–Crippen MR) is 169 cm³/mol. The summed E-state index contributed by atoms with van der Waals surface area (Å²) in [6, 6.07) is 49.1. The number of hydrogen-bond acceptors (Lipinski definition) is 2. The van der Waals surface area contributed by atoms with Crippen LogP contribution in [0.2, 0.25) is 0 Å². The molecule has 0 aliphatic heterocycles. The van der Waals surface area contributed by atoms with E-state index < -0.39 is 0 Å². The van der Waals surface area contributed by atoms with Gasteiger partial charge in [-0.25, -0.2) is 4.98 Å². The molecule has 3 nitrogen and oxygen atoms in total. The van der Waals surface area contributed by atoms with Crippen molar-refractivity contribution in [3.05, 3.63) is 145 Å². The molecule has 8 aromatic rings. The van der Waals surface area contributed by atoms with Gasteiger partial charge in [-0.15, -0.1) is 0 Å². The summed E-state index contributed by atoms with van der Waals surface area (Å²) < 4.78 is 2.18. The summed E-state index contributed by atoms with van der Waals surface area (Å²) in [6.45, 7) is 0. The van der Waals surface area contributed by atoms with Crippen LogP contribution in [0.3, 0.4) is 0 Å². The largest absolute Gasteiger partial charge is 0.294 e. The Hall–Kier alpha value is -5.72. The molecule has 0 fully saturated rings. The van der Waals surface area contributed by atoms with Crippen LogP contribution in [0.4, 0.5) is 0 Å². The van der Waals surface area contributed by atoms with Gasteiger partial charge >= 0.3 is 0 Å². The van der Waals surface area contributed by atoms with Gasteiger partial charge in [0.1, 0.15) is 5.82 Å². The fraction of sp³-hybridized carbons (Fsp3) is 0. The molecule has 0 saturated heterocycles. The standard InChI is InChI=1S/C38H23N3/c39-24-25-15-19-36-34(22-25)35-23-27(16-20-37(35)41(36)38-14-5-6-21-40-38)29-17-18-33(32-12-4-3-11-30(29)32)31-13-7-9-26-8-1-2-10-28(26)31/h1-23H. The number of rotatable bonds is 3. The lowest BCUT2D eigenvalue weighted by atomic mass is 9.90. The Morgan fingerprint density at radius 3 is 1.98 bits per heavy atom. The van der Waals surface area contributed by atoms with Gasteiger partial charge in [-0.1, -0.05) is 91.0 Å². The van der Waals surface area contributed by atoms with Crippen LogP contribution in [0, 0.1) is 11.3 Å². The third-order valence-corrected chi connectivity index (χ3v) is 8.09. The van der Waals surface area contributed by atoms with Crippen molar-refractivity contribution < 1.29 is 0 Å². The first-order valence-corrected chi connectivity index (χ1v) is 13.7. The van der Waals surface area contributed by atoms with E-state index in [2.05, 4.69) is 113 Å². The molecule has 6 aromatic carbocycles. The van der Waals surface area contributed by atoms with Crippen molar-refractivity contribution in [3.8, 4) is 34.1 Å². The monoisotopic (exact) mass is 521 g/mol. The number of nitrogens with zero attached hydrogens (tertiary/aromatic N) is 3. The molecule has 0 unspecified atom stereocenters. The average Bonchev–Trinajstić information content (AvgIpc) is 3.37. The maximum atomic E-state index is 9.66. The van der Waals surface area contributed by atoms with Crippen molar-refractivity contribution in [2.45, 2.75) is 0 Å². The molecular formula is C38H23N3. The smallest absolute Gasteiger partial charge is 0.137 e. The van der Waals surface area contributed by atoms with Gasteiger partial charge in [0.25, 0.3) is 0 Å². The molecule has 0 atom stereocenters. The Morgan fingerprint density at radius 1 is 0.512 bits per heavy atom. The molecule has 0 bridgehead atoms. The highest BCUT2D eigenvalue weighted by atomic mass is 15.1. The van der Waals surface area contributed by atoms with Gasteiger partial charge in [0.2, 0.25) is 0 Å². The molecule has 0 spiro atoms. The second-order valence-corrected chi connectivity index (χ2v) is 10.3. The van der Waals surface area contributed by atoms with Crippen LogP contribution < -0.4 is 0 Å². The second-order valence-electron chi connectivity index (χ2n) is 10.3. The third-order valence-electron chi connectivity index (χ3n) is 8.09. The summed E-state index contributed by atoms with van der Waals surface area (Å²) in [4.78, 5) is 4.64. The van der Waals surface area contributed by atoms with Crippen molar-refractivity contribution in [2.24, 2.45) is 0 Å². The van der Waals surface area contributed by atoms with E-state index in [4.69, 9.17) is 0 Å². The maximum absolute atomic E-state index is 9.66. The fourth-order valence-corrected chi connectivity index (χ4v) is 6.24. The third kappa shape index (κ3) is 3.62. The molecule has 0 N–H and O–H groups in total. The molecule has 0 aliphatic rings. The number of nitriles is 1. The fourth-order valence-electron chi connectivity index (χ4n) is 6.24. The highest BCUT2D eigenvalue weighted by molar-refractivity contribution is 6.13. The zero-order valence-corrected chi connectivity index (χ0v) is 22.1. The summed E-state index contributed by atoms with van der Waals surface area (Å²) >= 11 is 0. The van der Waals surface area contributed by atoms with Gasteiger partial charge < -0.3 is 0 Å². The molecule has 2 heterocycles. The molecule has 0 aliphatic carbocycles. The van der Waals surface area contributed by atoms with E-state index in [9.17, 15) is 5.26 Å². The van der Waals surface area contributed by atoms with E-state index in [1.165, 1.54) is 38.2 Å². The lowest BCUT2D eigenvalue weighted by molar-refractivity contribution is 1.08. The van der Waals surface area contributed by atoms with Gasteiger partial charge in [0.15, 0.2) is 0 Å². The summed E-state index contributed by atoms with van der Waals surface area (Å²) in [6.07, 6.45) is 1.81. The zero-order chi connectivity index (χ0) is 27.3. The number of pyridine rings is 1. The van der Waals surface area contributed by atoms with Crippen LogP contribution in [0.5, 0.6) is 0 Å². The summed E-state index contributed by atoms with van der Waals surface area (Å²) in [5.74, 6) is 0.856. The normalized spacial score (nSPS) is 11.4. The molecule has 41 heavy (non-hydrogen) atoms. The Bertz CT molecular complexity index is 2320. The Balaban J connectivity index is 1.38. The van der Waals surface area contributed by atoms with Crippen LogP contribution in [-0.2, 0) is 0 Å². The van der Waals surface area contributed by atoms with Gasteiger partial charge in [0, 0.05) is 17.0 Å². The number of aromatic nitrogens is 2. The maximum Gasteiger partial charge on any atom is 0.137 e. The first kappa shape index (κ1) is 23.2. The lowest BCUT2D eigenvalue weighted by Crippen LogP contribution is -1.96. The molecule has 0 saturated carbocycles. The minimum absolute atomic E-state index is 0.646. The Kier molecular flexibility index (Phi) is 5.20. The topological polar surface area (TPSA) is 41.6 Å². The summed E-state index contributed by atoms with van der Waals surface area (Å²) in [5.41, 5.74) is 7.53. The van der Waals surface area contributed by atoms with Crippen LogP contribution in [0.15, 0.2) is 140 Å². The van der Waals surface area contributed by atoms with Crippen molar-refractivity contribution in [3.63, 3.8) is 0 Å². The lowest BCUT2D eigenvalue weighted by Gasteiger charge is -2.14. The number of fused-ring (bicyclic) bond motifs is 5. The van der Waals surface area contributed by atoms with Crippen LogP contribution in [0.1, 0.15) is 5.56 Å². The molecule has 8 rings (SSSR count). The SMILES string of the molecule is N#Cc1ccc2c(c1)c1cc(-c3ccc(-c4cccc5ccccc45)c4ccccc34)ccc1n2-c1ccccn1. The predicted octanol–water partition coefficient (Wildman–Crippen LogP) is 9.69. The van der Waals surface area contributed by atoms with E-state index in [1.807, 2.05) is 42.6 Å². The highest BCUT2D eigenvalue weighted by Crippen LogP contribution is 2.40. The number of benzene rings is 6. The quantitative estimate of drug-likeness (QED) is 0.232. The summed E-state index contributed by atoms with van der Waals surface area (Å²) in [5, 5.41) is 16.7. The first-order valence-electron chi connectivity index (χ1n) is 13.7. The minimum atomic E-state index is 0.646. The number of hydrogen-bond donors (Lipinski definition) is 0. The minimum Gasteiger partial charge on any atom is -0.294 e. The molecular weight excluding hydrogens is 498 g/mol. The molecule has 0 amide bonds. The van der Waals surface area contributed by atoms with Gasteiger partial charge in [-0.3, -0.25) is 4.57 Å². The van der Waals surface area contributed by atoms with E-state index in [0.29, 0.717) is 5.56 Å². The van der Waals surface area contributed by atoms with Gasteiger partial charge in [-0.2, -0.15) is 5.26 Å². The van der Waals surface area contributed by atoms with Crippen molar-refractivity contribution in [2.75, 3.05) is 0 Å². The second kappa shape index (κ2) is 9.19. The molecule has 3 heteroatoms. The van der Waals surface area contributed by atoms with Crippen molar-refractivity contribution in [1.82, 2.24) is 9.55 Å². The average molecular weight is 522 g/mol. The van der Waals surface area contributed by atoms with Gasteiger partial charge in [0.05, 0.1) is 22.7 Å². The van der Waals surface area contributed by atoms with Crippen molar-refractivity contribution in [1.29, 1.82) is 5.26 Å².